The molecule has 3 aromatic rings. The summed E-state index contributed by atoms with van der Waals surface area (Å²) in [4.78, 5) is 27.6. The number of aryl methyl sites for hydroxylation is 1. The lowest BCUT2D eigenvalue weighted by atomic mass is 9.84. The zero-order valence-corrected chi connectivity index (χ0v) is 25.4. The number of rotatable bonds is 14. The Balaban J connectivity index is 1.59. The Morgan fingerprint density at radius 1 is 0.976 bits per heavy atom. The third-order valence-electron chi connectivity index (χ3n) is 8.52. The Kier molecular flexibility index (Phi) is 11.6. The van der Waals surface area contributed by atoms with Crippen LogP contribution in [0, 0.1) is 12.8 Å². The highest BCUT2D eigenvalue weighted by Gasteiger charge is 2.25. The number of amides is 1. The minimum atomic E-state index is -1.01. The second-order valence-electron chi connectivity index (χ2n) is 11.8. The fourth-order valence-corrected chi connectivity index (χ4v) is 6.08. The van der Waals surface area contributed by atoms with E-state index in [9.17, 15) is 14.7 Å². The molecule has 0 saturated heterocycles. The molecule has 1 aliphatic rings. The Morgan fingerprint density at radius 2 is 1.69 bits per heavy atom. The van der Waals surface area contributed by atoms with E-state index in [0.29, 0.717) is 37.5 Å². The van der Waals surface area contributed by atoms with Gasteiger partial charge in [0.1, 0.15) is 18.4 Å². The first-order valence-electron chi connectivity index (χ1n) is 15.5. The van der Waals surface area contributed by atoms with Crippen molar-refractivity contribution in [1.82, 2.24) is 10.2 Å². The summed E-state index contributed by atoms with van der Waals surface area (Å²) < 4.78 is 6.26. The van der Waals surface area contributed by atoms with Gasteiger partial charge in [0.15, 0.2) is 0 Å². The van der Waals surface area contributed by atoms with Crippen LogP contribution in [0.3, 0.4) is 0 Å². The first kappa shape index (κ1) is 31.3. The molecule has 0 spiro atoms. The summed E-state index contributed by atoms with van der Waals surface area (Å²) in [7, 11) is 2.16. The number of para-hydroxylation sites is 1. The molecule has 0 aliphatic heterocycles. The molecular weight excluding hydrogens is 524 g/mol. The Morgan fingerprint density at radius 3 is 2.38 bits per heavy atom. The molecule has 3 aromatic carbocycles. The lowest BCUT2D eigenvalue weighted by Gasteiger charge is -2.33. The van der Waals surface area contributed by atoms with Gasteiger partial charge in [-0.25, -0.2) is 4.79 Å². The maximum absolute atomic E-state index is 13.4. The van der Waals surface area contributed by atoms with E-state index in [1.807, 2.05) is 80.6 Å². The first-order valence-corrected chi connectivity index (χ1v) is 15.5. The molecule has 0 aromatic heterocycles. The van der Waals surface area contributed by atoms with Gasteiger partial charge < -0.3 is 15.2 Å². The fraction of sp³-hybridized carbons (Fsp3) is 0.444. The number of ether oxygens (including phenoxy) is 1. The van der Waals surface area contributed by atoms with E-state index in [-0.39, 0.29) is 11.9 Å². The van der Waals surface area contributed by atoms with Gasteiger partial charge in [-0.05, 0) is 79.3 Å². The normalized spacial score (nSPS) is 15.2. The lowest BCUT2D eigenvalue weighted by molar-refractivity contribution is -0.139. The molecule has 0 radical (unpaired) electrons. The molecule has 0 unspecified atom stereocenters. The quantitative estimate of drug-likeness (QED) is 0.210. The number of likely N-dealkylation sites (N-methyl/N-ethyl adjacent to an activating group) is 1. The van der Waals surface area contributed by atoms with Crippen molar-refractivity contribution in [2.45, 2.75) is 83.8 Å². The van der Waals surface area contributed by atoms with Crippen LogP contribution < -0.4 is 10.1 Å². The standard InChI is InChI=1S/C36H46N2O4/c1-4-13-34(36(40)41)37-35(39)32-21-20-28(23-33(32)31-19-12-11-14-26(31)2)24-38(3)29(22-27-15-7-5-8-16-27)25-42-30-17-9-6-10-18-30/h6,9-12,14,17-21,23,27,29,34H,4-5,7-8,13,15-16,22,24-25H2,1-3H3,(H,37,39)(H,40,41)/t29-,34+/m1/s1. The molecule has 6 heteroatoms. The molecule has 2 atom stereocenters. The number of nitrogens with one attached hydrogen (secondary N) is 1. The molecule has 6 nitrogen and oxygen atoms in total. The number of carbonyl (C=O) groups is 2. The van der Waals surface area contributed by atoms with Crippen LogP contribution in [-0.4, -0.2) is 47.6 Å². The van der Waals surface area contributed by atoms with Crippen LogP contribution in [0.25, 0.3) is 11.1 Å². The molecule has 0 bridgehead atoms. The summed E-state index contributed by atoms with van der Waals surface area (Å²) in [6, 6.07) is 23.3. The van der Waals surface area contributed by atoms with Crippen LogP contribution in [-0.2, 0) is 11.3 Å². The molecule has 1 fully saturated rings. The summed E-state index contributed by atoms with van der Waals surface area (Å²) in [5, 5.41) is 12.4. The number of nitrogens with zero attached hydrogens (tertiary/aromatic N) is 1. The predicted molar refractivity (Wildman–Crippen MR) is 169 cm³/mol. The molecule has 224 valence electrons. The number of benzene rings is 3. The maximum atomic E-state index is 13.4. The van der Waals surface area contributed by atoms with Crippen molar-refractivity contribution >= 4 is 11.9 Å². The summed E-state index contributed by atoms with van der Waals surface area (Å²) in [5.41, 5.74) is 4.45. The zero-order valence-electron chi connectivity index (χ0n) is 25.4. The van der Waals surface area contributed by atoms with E-state index in [0.717, 1.165) is 34.4 Å². The first-order chi connectivity index (χ1) is 20.4. The number of hydrogen-bond donors (Lipinski definition) is 2. The second kappa shape index (κ2) is 15.5. The van der Waals surface area contributed by atoms with Gasteiger partial charge in [-0.15, -0.1) is 0 Å². The molecular formula is C36H46N2O4. The van der Waals surface area contributed by atoms with Crippen molar-refractivity contribution in [3.63, 3.8) is 0 Å². The zero-order chi connectivity index (χ0) is 29.9. The van der Waals surface area contributed by atoms with Crippen LogP contribution in [0.2, 0.25) is 0 Å². The average molecular weight is 571 g/mol. The summed E-state index contributed by atoms with van der Waals surface area (Å²) in [6.45, 7) is 5.28. The van der Waals surface area contributed by atoms with E-state index >= 15 is 0 Å². The Hall–Kier alpha value is -3.64. The van der Waals surface area contributed by atoms with Gasteiger partial charge in [-0.3, -0.25) is 9.69 Å². The van der Waals surface area contributed by atoms with Gasteiger partial charge in [-0.1, -0.05) is 94.0 Å². The highest BCUT2D eigenvalue weighted by Crippen LogP contribution is 2.31. The molecule has 4 rings (SSSR count). The van der Waals surface area contributed by atoms with Crippen molar-refractivity contribution in [3.8, 4) is 16.9 Å². The van der Waals surface area contributed by atoms with E-state index in [2.05, 4.69) is 23.3 Å². The SMILES string of the molecule is CCC[C@H](NC(=O)c1ccc(CN(C)[C@@H](COc2ccccc2)CC2CCCCC2)cc1-c1ccccc1C)C(=O)O. The maximum Gasteiger partial charge on any atom is 0.326 e. The van der Waals surface area contributed by atoms with Crippen LogP contribution in [0.5, 0.6) is 5.75 Å². The van der Waals surface area contributed by atoms with Gasteiger partial charge in [0.05, 0.1) is 0 Å². The minimum absolute atomic E-state index is 0.253. The third-order valence-corrected chi connectivity index (χ3v) is 8.52. The van der Waals surface area contributed by atoms with E-state index in [1.165, 1.54) is 32.1 Å². The van der Waals surface area contributed by atoms with Crippen LogP contribution in [0.15, 0.2) is 72.8 Å². The number of carboxylic acid groups (broad SMARTS) is 1. The Labute approximate surface area is 251 Å². The van der Waals surface area contributed by atoms with Gasteiger partial charge in [0.25, 0.3) is 5.91 Å². The minimum Gasteiger partial charge on any atom is -0.492 e. The fourth-order valence-electron chi connectivity index (χ4n) is 6.08. The highest BCUT2D eigenvalue weighted by molar-refractivity contribution is 6.02. The molecule has 1 saturated carbocycles. The summed E-state index contributed by atoms with van der Waals surface area (Å²) in [5.74, 6) is 0.229. The van der Waals surface area contributed by atoms with E-state index in [4.69, 9.17) is 4.74 Å². The van der Waals surface area contributed by atoms with Crippen molar-refractivity contribution in [2.24, 2.45) is 5.92 Å². The lowest BCUT2D eigenvalue weighted by Crippen LogP contribution is -2.40. The highest BCUT2D eigenvalue weighted by atomic mass is 16.5. The smallest absolute Gasteiger partial charge is 0.326 e. The predicted octanol–water partition coefficient (Wildman–Crippen LogP) is 7.49. The van der Waals surface area contributed by atoms with Crippen LogP contribution in [0.4, 0.5) is 0 Å². The molecule has 1 aliphatic carbocycles. The van der Waals surface area contributed by atoms with Crippen molar-refractivity contribution < 1.29 is 19.4 Å². The van der Waals surface area contributed by atoms with Crippen molar-refractivity contribution in [1.29, 1.82) is 0 Å². The van der Waals surface area contributed by atoms with E-state index in [1.54, 1.807) is 0 Å². The summed E-state index contributed by atoms with van der Waals surface area (Å²) >= 11 is 0. The summed E-state index contributed by atoms with van der Waals surface area (Å²) in [6.07, 6.45) is 8.68. The molecule has 0 heterocycles. The Bertz CT molecular complexity index is 1300. The number of hydrogen-bond acceptors (Lipinski definition) is 4. The van der Waals surface area contributed by atoms with Gasteiger partial charge in [0.2, 0.25) is 0 Å². The van der Waals surface area contributed by atoms with Gasteiger partial charge in [0, 0.05) is 18.2 Å². The second-order valence-corrected chi connectivity index (χ2v) is 11.8. The van der Waals surface area contributed by atoms with Gasteiger partial charge in [-0.2, -0.15) is 0 Å². The van der Waals surface area contributed by atoms with Crippen LogP contribution >= 0.6 is 0 Å². The number of aliphatic carboxylic acids is 1. The molecule has 2 N–H and O–H groups in total. The monoisotopic (exact) mass is 570 g/mol. The van der Waals surface area contributed by atoms with E-state index < -0.39 is 12.0 Å². The van der Waals surface area contributed by atoms with Gasteiger partial charge >= 0.3 is 5.97 Å². The van der Waals surface area contributed by atoms with Crippen LogP contribution in [0.1, 0.15) is 79.8 Å². The molecule has 1 amide bonds. The third kappa shape index (κ3) is 8.68. The topological polar surface area (TPSA) is 78.9 Å². The largest absolute Gasteiger partial charge is 0.492 e. The van der Waals surface area contributed by atoms with Crippen molar-refractivity contribution in [2.75, 3.05) is 13.7 Å². The van der Waals surface area contributed by atoms with Crippen molar-refractivity contribution in [3.05, 3.63) is 89.5 Å². The molecule has 42 heavy (non-hydrogen) atoms. The number of carbonyl (C=O) groups excluding carboxylic acids is 1. The number of carboxylic acids is 1. The average Bonchev–Trinajstić information content (AvgIpc) is 3.00.